The number of carbonyl (C=O) groups is 2. The lowest BCUT2D eigenvalue weighted by Gasteiger charge is -2.27. The fourth-order valence-corrected chi connectivity index (χ4v) is 4.69. The van der Waals surface area contributed by atoms with E-state index in [0.717, 1.165) is 36.8 Å². The van der Waals surface area contributed by atoms with Gasteiger partial charge >= 0.3 is 0 Å². The van der Waals surface area contributed by atoms with E-state index in [0.29, 0.717) is 25.3 Å². The third-order valence-corrected chi connectivity index (χ3v) is 7.20. The molecule has 0 unspecified atom stereocenters. The predicted molar refractivity (Wildman–Crippen MR) is 128 cm³/mol. The zero-order chi connectivity index (χ0) is 23.8. The third kappa shape index (κ3) is 7.68. The number of sulfonamides is 1. The number of nitrogens with two attached hydrogens (primary N) is 1. The van der Waals surface area contributed by atoms with Gasteiger partial charge in [-0.2, -0.15) is 0 Å². The number of primary sulfonamides is 1. The van der Waals surface area contributed by atoms with Crippen molar-refractivity contribution in [3.63, 3.8) is 0 Å². The standard InChI is InChI=1S/C25H33N3O4S/c1-18-7-11-21(12-8-18)24(29)28-23(17-20-5-3-2-4-6-20)25(30)27-16-15-19-9-13-22(14-10-19)33(26,31)32/h2-6,9-10,13-14,18,21,23H,7-8,11-12,15-17H2,1H3,(H,27,30)(H,28,29)(H2,26,31,32)/t18?,21?,23-/m0/s1. The molecular weight excluding hydrogens is 438 g/mol. The predicted octanol–water partition coefficient (Wildman–Crippen LogP) is 2.55. The highest BCUT2D eigenvalue weighted by Crippen LogP contribution is 2.28. The molecule has 0 aliphatic heterocycles. The van der Waals surface area contributed by atoms with Gasteiger partial charge in [0.15, 0.2) is 0 Å². The molecule has 8 heteroatoms. The molecule has 1 aliphatic carbocycles. The maximum atomic E-state index is 13.0. The average Bonchev–Trinajstić information content (AvgIpc) is 2.79. The maximum Gasteiger partial charge on any atom is 0.242 e. The van der Waals surface area contributed by atoms with Crippen LogP contribution in [0.4, 0.5) is 0 Å². The summed E-state index contributed by atoms with van der Waals surface area (Å²) in [7, 11) is -3.73. The van der Waals surface area contributed by atoms with Gasteiger partial charge in [-0.05, 0) is 61.3 Å². The first kappa shape index (κ1) is 24.9. The summed E-state index contributed by atoms with van der Waals surface area (Å²) in [4.78, 5) is 25.9. The Labute approximate surface area is 196 Å². The summed E-state index contributed by atoms with van der Waals surface area (Å²) in [6.45, 7) is 2.58. The van der Waals surface area contributed by atoms with E-state index in [1.807, 2.05) is 30.3 Å². The minimum atomic E-state index is -3.73. The molecule has 1 saturated carbocycles. The average molecular weight is 472 g/mol. The first-order valence-corrected chi connectivity index (χ1v) is 13.0. The molecule has 33 heavy (non-hydrogen) atoms. The summed E-state index contributed by atoms with van der Waals surface area (Å²) in [6, 6.07) is 15.3. The third-order valence-electron chi connectivity index (χ3n) is 6.27. The van der Waals surface area contributed by atoms with E-state index < -0.39 is 16.1 Å². The van der Waals surface area contributed by atoms with Crippen LogP contribution in [0, 0.1) is 11.8 Å². The van der Waals surface area contributed by atoms with Crippen molar-refractivity contribution in [1.29, 1.82) is 0 Å². The van der Waals surface area contributed by atoms with E-state index in [9.17, 15) is 18.0 Å². The normalized spacial score (nSPS) is 19.5. The summed E-state index contributed by atoms with van der Waals surface area (Å²) >= 11 is 0. The monoisotopic (exact) mass is 471 g/mol. The quantitative estimate of drug-likeness (QED) is 0.521. The molecule has 0 bridgehead atoms. The highest BCUT2D eigenvalue weighted by molar-refractivity contribution is 7.89. The van der Waals surface area contributed by atoms with Crippen molar-refractivity contribution >= 4 is 21.8 Å². The largest absolute Gasteiger partial charge is 0.354 e. The molecule has 0 aromatic heterocycles. The molecule has 0 heterocycles. The van der Waals surface area contributed by atoms with Crippen LogP contribution in [0.15, 0.2) is 59.5 Å². The van der Waals surface area contributed by atoms with Gasteiger partial charge in [-0.3, -0.25) is 9.59 Å². The number of nitrogens with one attached hydrogen (secondary N) is 2. The number of rotatable bonds is 9. The molecule has 1 fully saturated rings. The highest BCUT2D eigenvalue weighted by Gasteiger charge is 2.28. The molecule has 7 nitrogen and oxygen atoms in total. The van der Waals surface area contributed by atoms with Gasteiger partial charge in [-0.15, -0.1) is 0 Å². The second-order valence-corrected chi connectivity index (χ2v) is 10.5. The SMILES string of the molecule is CC1CCC(C(=O)N[C@@H](Cc2ccccc2)C(=O)NCCc2ccc(S(N)(=O)=O)cc2)CC1. The second-order valence-electron chi connectivity index (χ2n) is 8.94. The van der Waals surface area contributed by atoms with Crippen LogP contribution in [0.2, 0.25) is 0 Å². The van der Waals surface area contributed by atoms with Crippen molar-refractivity contribution in [2.24, 2.45) is 17.0 Å². The Balaban J connectivity index is 1.59. The van der Waals surface area contributed by atoms with E-state index in [-0.39, 0.29) is 22.6 Å². The Bertz CT molecular complexity index is 1030. The van der Waals surface area contributed by atoms with Crippen LogP contribution in [0.1, 0.15) is 43.7 Å². The molecule has 1 atom stereocenters. The van der Waals surface area contributed by atoms with Crippen LogP contribution >= 0.6 is 0 Å². The smallest absolute Gasteiger partial charge is 0.242 e. The van der Waals surface area contributed by atoms with Crippen molar-refractivity contribution in [3.8, 4) is 0 Å². The van der Waals surface area contributed by atoms with E-state index in [1.165, 1.54) is 12.1 Å². The van der Waals surface area contributed by atoms with Crippen molar-refractivity contribution in [2.75, 3.05) is 6.54 Å². The topological polar surface area (TPSA) is 118 Å². The number of amides is 2. The Kier molecular flexibility index (Phi) is 8.63. The molecule has 2 amide bonds. The van der Waals surface area contributed by atoms with Crippen LogP contribution in [0.3, 0.4) is 0 Å². The number of benzene rings is 2. The van der Waals surface area contributed by atoms with Crippen LogP contribution < -0.4 is 15.8 Å². The second kappa shape index (κ2) is 11.4. The zero-order valence-electron chi connectivity index (χ0n) is 19.0. The molecule has 2 aromatic rings. The molecule has 178 valence electrons. The van der Waals surface area contributed by atoms with Crippen molar-refractivity contribution in [1.82, 2.24) is 10.6 Å². The summed E-state index contributed by atoms with van der Waals surface area (Å²) in [5.74, 6) is 0.343. The van der Waals surface area contributed by atoms with Gasteiger partial charge < -0.3 is 10.6 Å². The van der Waals surface area contributed by atoms with E-state index in [2.05, 4.69) is 17.6 Å². The van der Waals surface area contributed by atoms with E-state index in [1.54, 1.807) is 12.1 Å². The first-order valence-electron chi connectivity index (χ1n) is 11.5. The van der Waals surface area contributed by atoms with Crippen LogP contribution in [0.25, 0.3) is 0 Å². The van der Waals surface area contributed by atoms with Crippen LogP contribution in [0.5, 0.6) is 0 Å². The lowest BCUT2D eigenvalue weighted by Crippen LogP contribution is -2.50. The molecule has 2 aromatic carbocycles. The maximum absolute atomic E-state index is 13.0. The number of hydrogen-bond acceptors (Lipinski definition) is 4. The summed E-state index contributed by atoms with van der Waals surface area (Å²) in [5.41, 5.74) is 1.86. The van der Waals surface area contributed by atoms with Gasteiger partial charge in [0.1, 0.15) is 6.04 Å². The number of hydrogen-bond donors (Lipinski definition) is 3. The summed E-state index contributed by atoms with van der Waals surface area (Å²) in [5, 5.41) is 11.0. The lowest BCUT2D eigenvalue weighted by atomic mass is 9.82. The van der Waals surface area contributed by atoms with Crippen molar-refractivity contribution in [3.05, 3.63) is 65.7 Å². The van der Waals surface area contributed by atoms with Gasteiger partial charge in [0, 0.05) is 18.9 Å². The summed E-state index contributed by atoms with van der Waals surface area (Å²) < 4.78 is 22.8. The first-order chi connectivity index (χ1) is 15.7. The molecule has 0 radical (unpaired) electrons. The van der Waals surface area contributed by atoms with Crippen LogP contribution in [-0.4, -0.2) is 32.8 Å². The van der Waals surface area contributed by atoms with E-state index in [4.69, 9.17) is 5.14 Å². The highest BCUT2D eigenvalue weighted by atomic mass is 32.2. The Morgan fingerprint density at radius 2 is 1.61 bits per heavy atom. The molecular formula is C25H33N3O4S. The van der Waals surface area contributed by atoms with E-state index >= 15 is 0 Å². The molecule has 1 aliphatic rings. The Morgan fingerprint density at radius 3 is 2.21 bits per heavy atom. The molecule has 0 saturated heterocycles. The Hall–Kier alpha value is -2.71. The molecule has 4 N–H and O–H groups in total. The Morgan fingerprint density at radius 1 is 0.970 bits per heavy atom. The molecule has 0 spiro atoms. The van der Waals surface area contributed by atoms with Gasteiger partial charge in [0.25, 0.3) is 0 Å². The molecule has 3 rings (SSSR count). The van der Waals surface area contributed by atoms with Gasteiger partial charge in [-0.25, -0.2) is 13.6 Å². The lowest BCUT2D eigenvalue weighted by molar-refractivity contribution is -0.131. The summed E-state index contributed by atoms with van der Waals surface area (Å²) in [6.07, 6.45) is 4.76. The fraction of sp³-hybridized carbons (Fsp3) is 0.440. The van der Waals surface area contributed by atoms with Crippen molar-refractivity contribution < 1.29 is 18.0 Å². The van der Waals surface area contributed by atoms with Gasteiger partial charge in [-0.1, -0.05) is 49.4 Å². The van der Waals surface area contributed by atoms with Crippen LogP contribution in [-0.2, 0) is 32.5 Å². The van der Waals surface area contributed by atoms with Gasteiger partial charge in [0.2, 0.25) is 21.8 Å². The minimum absolute atomic E-state index is 0.0374. The zero-order valence-corrected chi connectivity index (χ0v) is 19.8. The van der Waals surface area contributed by atoms with Gasteiger partial charge in [0.05, 0.1) is 4.90 Å². The minimum Gasteiger partial charge on any atom is -0.354 e. The fourth-order valence-electron chi connectivity index (χ4n) is 4.17. The van der Waals surface area contributed by atoms with Crippen molar-refractivity contribution in [2.45, 2.75) is 56.4 Å². The number of carbonyl (C=O) groups excluding carboxylic acids is 2.